The van der Waals surface area contributed by atoms with Gasteiger partial charge in [0.25, 0.3) is 15.9 Å². The fourth-order valence-electron chi connectivity index (χ4n) is 3.35. The molecule has 1 amide bonds. The molecule has 2 aliphatic heterocycles. The topological polar surface area (TPSA) is 84.0 Å². The lowest BCUT2D eigenvalue weighted by Gasteiger charge is -2.30. The highest BCUT2D eigenvalue weighted by atomic mass is 32.2. The molecule has 1 aromatic heterocycles. The fraction of sp³-hybridized carbons (Fsp3) is 0.647. The predicted molar refractivity (Wildman–Crippen MR) is 97.2 cm³/mol. The molecule has 0 unspecified atom stereocenters. The van der Waals surface area contributed by atoms with Gasteiger partial charge in [0.2, 0.25) is 0 Å². The third kappa shape index (κ3) is 4.44. The van der Waals surface area contributed by atoms with Gasteiger partial charge in [0.05, 0.1) is 5.92 Å². The number of nitrogens with zero attached hydrogens (tertiary/aromatic N) is 2. The quantitative estimate of drug-likeness (QED) is 0.703. The van der Waals surface area contributed by atoms with E-state index in [1.165, 1.54) is 15.6 Å². The summed E-state index contributed by atoms with van der Waals surface area (Å²) in [7, 11) is -3.47. The van der Waals surface area contributed by atoms with Gasteiger partial charge >= 0.3 is 5.97 Å². The van der Waals surface area contributed by atoms with Crippen LogP contribution in [-0.2, 0) is 24.3 Å². The van der Waals surface area contributed by atoms with Crippen LogP contribution in [0.4, 0.5) is 0 Å². The number of esters is 1. The molecule has 144 valence electrons. The first-order valence-corrected chi connectivity index (χ1v) is 11.3. The van der Waals surface area contributed by atoms with Gasteiger partial charge < -0.3 is 9.64 Å². The van der Waals surface area contributed by atoms with Crippen molar-refractivity contribution in [3.63, 3.8) is 0 Å². The second-order valence-electron chi connectivity index (χ2n) is 6.66. The zero-order valence-electron chi connectivity index (χ0n) is 14.6. The molecular weight excluding hydrogens is 376 g/mol. The number of sulfonamides is 1. The average Bonchev–Trinajstić information content (AvgIpc) is 3.22. The molecule has 2 aliphatic rings. The molecule has 2 saturated heterocycles. The summed E-state index contributed by atoms with van der Waals surface area (Å²) in [6.07, 6.45) is 3.97. The Morgan fingerprint density at radius 1 is 1.12 bits per heavy atom. The predicted octanol–water partition coefficient (Wildman–Crippen LogP) is 1.70. The van der Waals surface area contributed by atoms with Gasteiger partial charge in [0.1, 0.15) is 4.21 Å². The third-order valence-electron chi connectivity index (χ3n) is 4.92. The summed E-state index contributed by atoms with van der Waals surface area (Å²) < 4.78 is 31.9. The zero-order chi connectivity index (χ0) is 18.6. The molecule has 0 aromatic carbocycles. The van der Waals surface area contributed by atoms with Crippen LogP contribution in [0, 0.1) is 5.92 Å². The molecule has 0 atom stereocenters. The zero-order valence-corrected chi connectivity index (χ0v) is 16.3. The molecule has 0 bridgehead atoms. The Morgan fingerprint density at radius 3 is 2.42 bits per heavy atom. The van der Waals surface area contributed by atoms with Crippen LogP contribution in [0.15, 0.2) is 21.7 Å². The summed E-state index contributed by atoms with van der Waals surface area (Å²) in [5.41, 5.74) is 0. The summed E-state index contributed by atoms with van der Waals surface area (Å²) >= 11 is 1.19. The Morgan fingerprint density at radius 2 is 1.81 bits per heavy atom. The van der Waals surface area contributed by atoms with Crippen molar-refractivity contribution in [2.24, 2.45) is 5.92 Å². The highest BCUT2D eigenvalue weighted by Crippen LogP contribution is 2.26. The van der Waals surface area contributed by atoms with Crippen molar-refractivity contribution < 1.29 is 22.7 Å². The molecule has 9 heteroatoms. The van der Waals surface area contributed by atoms with Crippen LogP contribution < -0.4 is 0 Å². The molecule has 0 saturated carbocycles. The highest BCUT2D eigenvalue weighted by molar-refractivity contribution is 7.91. The lowest BCUT2D eigenvalue weighted by Crippen LogP contribution is -2.41. The Balaban J connectivity index is 1.45. The molecule has 0 spiro atoms. The normalized spacial score (nSPS) is 20.1. The third-order valence-corrected chi connectivity index (χ3v) is 8.19. The number of likely N-dealkylation sites (tertiary alicyclic amines) is 1. The monoisotopic (exact) mass is 400 g/mol. The first kappa shape index (κ1) is 19.3. The van der Waals surface area contributed by atoms with Crippen LogP contribution in [0.5, 0.6) is 0 Å². The lowest BCUT2D eigenvalue weighted by molar-refractivity contribution is -0.156. The largest absolute Gasteiger partial charge is 0.455 e. The van der Waals surface area contributed by atoms with Gasteiger partial charge in [-0.15, -0.1) is 11.3 Å². The van der Waals surface area contributed by atoms with E-state index < -0.39 is 16.0 Å². The molecule has 0 radical (unpaired) electrons. The van der Waals surface area contributed by atoms with Crippen molar-refractivity contribution in [2.45, 2.75) is 36.3 Å². The van der Waals surface area contributed by atoms with Crippen molar-refractivity contribution in [2.75, 3.05) is 32.8 Å². The van der Waals surface area contributed by atoms with Crippen molar-refractivity contribution in [3.05, 3.63) is 17.5 Å². The molecular formula is C17H24N2O5S2. The van der Waals surface area contributed by atoms with Crippen LogP contribution in [0.25, 0.3) is 0 Å². The van der Waals surface area contributed by atoms with Crippen molar-refractivity contribution in [3.8, 4) is 0 Å². The van der Waals surface area contributed by atoms with Crippen molar-refractivity contribution >= 4 is 33.2 Å². The molecule has 26 heavy (non-hydrogen) atoms. The van der Waals surface area contributed by atoms with Crippen LogP contribution in [0.3, 0.4) is 0 Å². The number of carbonyl (C=O) groups is 2. The van der Waals surface area contributed by atoms with E-state index in [9.17, 15) is 18.0 Å². The molecule has 1 aromatic rings. The van der Waals surface area contributed by atoms with E-state index in [2.05, 4.69) is 0 Å². The minimum Gasteiger partial charge on any atom is -0.455 e. The number of carbonyl (C=O) groups excluding carboxylic acids is 2. The van der Waals surface area contributed by atoms with Gasteiger partial charge in [0.15, 0.2) is 6.61 Å². The summed E-state index contributed by atoms with van der Waals surface area (Å²) in [6, 6.07) is 3.30. The number of amides is 1. The van der Waals surface area contributed by atoms with Crippen molar-refractivity contribution in [1.29, 1.82) is 0 Å². The molecule has 0 aliphatic carbocycles. The minimum absolute atomic E-state index is 0.143. The average molecular weight is 401 g/mol. The number of thiophene rings is 1. The van der Waals surface area contributed by atoms with E-state index in [1.54, 1.807) is 22.4 Å². The van der Waals surface area contributed by atoms with Crippen LogP contribution >= 0.6 is 11.3 Å². The molecule has 7 nitrogen and oxygen atoms in total. The van der Waals surface area contributed by atoms with Gasteiger partial charge in [-0.25, -0.2) is 8.42 Å². The van der Waals surface area contributed by atoms with Crippen LogP contribution in [0.1, 0.15) is 32.1 Å². The minimum atomic E-state index is -3.47. The van der Waals surface area contributed by atoms with E-state index in [4.69, 9.17) is 4.74 Å². The van der Waals surface area contributed by atoms with Gasteiger partial charge in [-0.3, -0.25) is 9.59 Å². The van der Waals surface area contributed by atoms with E-state index in [0.717, 1.165) is 32.4 Å². The summed E-state index contributed by atoms with van der Waals surface area (Å²) in [5, 5.41) is 1.73. The maximum Gasteiger partial charge on any atom is 0.309 e. The van der Waals surface area contributed by atoms with Gasteiger partial charge in [-0.05, 0) is 43.6 Å². The number of hydrogen-bond acceptors (Lipinski definition) is 6. The van der Waals surface area contributed by atoms with Crippen LogP contribution in [0.2, 0.25) is 0 Å². The van der Waals surface area contributed by atoms with Crippen LogP contribution in [-0.4, -0.2) is 62.3 Å². The SMILES string of the molecule is O=C(OCC(=O)N1CCCCC1)C1CCN(S(=O)(=O)c2cccs2)CC1. The van der Waals surface area contributed by atoms with Crippen molar-refractivity contribution in [1.82, 2.24) is 9.21 Å². The maximum absolute atomic E-state index is 12.5. The molecule has 3 rings (SSSR count). The van der Waals surface area contributed by atoms with Gasteiger partial charge in [-0.1, -0.05) is 6.07 Å². The molecule has 3 heterocycles. The van der Waals surface area contributed by atoms with E-state index in [1.807, 2.05) is 0 Å². The highest BCUT2D eigenvalue weighted by Gasteiger charge is 2.33. The Labute approximate surface area is 158 Å². The Kier molecular flexibility index (Phi) is 6.31. The first-order chi connectivity index (χ1) is 12.5. The molecule has 0 N–H and O–H groups in total. The van der Waals surface area contributed by atoms with Gasteiger partial charge in [0, 0.05) is 26.2 Å². The fourth-order valence-corrected chi connectivity index (χ4v) is 5.97. The van der Waals surface area contributed by atoms with E-state index in [-0.39, 0.29) is 18.4 Å². The number of piperidine rings is 2. The second kappa shape index (κ2) is 8.49. The van der Waals surface area contributed by atoms with E-state index >= 15 is 0 Å². The first-order valence-electron chi connectivity index (χ1n) is 8.96. The number of ether oxygens (including phenoxy) is 1. The number of rotatable bonds is 5. The summed E-state index contributed by atoms with van der Waals surface area (Å²) in [5.74, 6) is -0.891. The lowest BCUT2D eigenvalue weighted by atomic mass is 9.98. The Hall–Kier alpha value is -1.45. The summed E-state index contributed by atoms with van der Waals surface area (Å²) in [4.78, 5) is 26.0. The molecule has 2 fully saturated rings. The number of hydrogen-bond donors (Lipinski definition) is 0. The summed E-state index contributed by atoms with van der Waals surface area (Å²) in [6.45, 7) is 1.83. The Bertz CT molecular complexity index is 718. The second-order valence-corrected chi connectivity index (χ2v) is 9.77. The maximum atomic E-state index is 12.5. The standard InChI is InChI=1S/C17H24N2O5S2/c20-15(18-8-2-1-3-9-18)13-24-17(21)14-6-10-19(11-7-14)26(22,23)16-5-4-12-25-16/h4-5,12,14H,1-3,6-11,13H2. The van der Waals surface area contributed by atoms with E-state index in [0.29, 0.717) is 30.1 Å². The smallest absolute Gasteiger partial charge is 0.309 e. The van der Waals surface area contributed by atoms with Gasteiger partial charge in [-0.2, -0.15) is 4.31 Å².